The lowest BCUT2D eigenvalue weighted by Crippen LogP contribution is -2.30. The van der Waals surface area contributed by atoms with Crippen LogP contribution < -0.4 is 0 Å². The second-order valence-corrected chi connectivity index (χ2v) is 29.8. The molecule has 0 heterocycles. The van der Waals surface area contributed by atoms with Crippen LogP contribution in [0.2, 0.25) is 0 Å². The smallest absolute Gasteiger partial charge is 0.462 e. The Morgan fingerprint density at radius 1 is 0.315 bits per heavy atom. The number of carbonyl (C=O) groups excluding carboxylic acids is 4. The third-order valence-electron chi connectivity index (χ3n) is 16.4. The van der Waals surface area contributed by atoms with E-state index in [2.05, 4.69) is 55.4 Å². The maximum absolute atomic E-state index is 13.0. The molecule has 528 valence electrons. The molecule has 0 aliphatic carbocycles. The Hall–Kier alpha value is -1.94. The molecule has 0 rings (SSSR count). The fourth-order valence-electron chi connectivity index (χ4n) is 10.5. The first kappa shape index (κ1) is 87.1. The van der Waals surface area contributed by atoms with E-state index in [0.717, 1.165) is 114 Å². The van der Waals surface area contributed by atoms with E-state index in [1.54, 1.807) is 0 Å². The zero-order valence-electron chi connectivity index (χ0n) is 58.1. The standard InChI is InChI=1S/C70H136O17P2/c1-9-63(8)49-41-33-25-19-20-28-37-45-53-70(75)87-66(57-81-68(73)51-43-35-29-21-24-32-40-48-62(6)7)59-85-89(78,79)83-55-64(71)54-82-88(76,77)84-58-65(86-69(74)52-44-36-27-18-14-16-23-31-39-47-61(4)5)56-80-67(72)50-42-34-26-17-13-11-10-12-15-22-30-38-46-60(2)3/h60-66,71H,9-59H2,1-8H3,(H,76,77)(H,78,79)/t63?,64?,65-,66-/m1/s1. The van der Waals surface area contributed by atoms with Gasteiger partial charge in [-0.15, -0.1) is 0 Å². The number of unbranched alkanes of at least 4 members (excludes halogenated alkanes) is 32. The van der Waals surface area contributed by atoms with Gasteiger partial charge in [-0.25, -0.2) is 9.13 Å². The summed E-state index contributed by atoms with van der Waals surface area (Å²) in [6.07, 6.45) is 41.7. The van der Waals surface area contributed by atoms with Crippen LogP contribution in [0, 0.1) is 23.7 Å². The largest absolute Gasteiger partial charge is 0.472 e. The highest BCUT2D eigenvalue weighted by atomic mass is 31.2. The minimum absolute atomic E-state index is 0.104. The number of ether oxygens (including phenoxy) is 4. The molecule has 0 saturated heterocycles. The number of aliphatic hydroxyl groups is 1. The van der Waals surface area contributed by atoms with Gasteiger partial charge >= 0.3 is 39.5 Å². The molecule has 89 heavy (non-hydrogen) atoms. The van der Waals surface area contributed by atoms with E-state index in [9.17, 15) is 43.2 Å². The molecule has 0 fully saturated rings. The normalized spacial score (nSPS) is 14.6. The van der Waals surface area contributed by atoms with E-state index in [0.29, 0.717) is 31.6 Å². The number of rotatable bonds is 67. The molecule has 19 heteroatoms. The zero-order valence-corrected chi connectivity index (χ0v) is 59.8. The molecular formula is C70H136O17P2. The highest BCUT2D eigenvalue weighted by Gasteiger charge is 2.30. The Balaban J connectivity index is 5.25. The predicted octanol–water partition coefficient (Wildman–Crippen LogP) is 19.7. The second kappa shape index (κ2) is 59.8. The van der Waals surface area contributed by atoms with Gasteiger partial charge in [-0.3, -0.25) is 37.3 Å². The van der Waals surface area contributed by atoms with Crippen molar-refractivity contribution in [1.29, 1.82) is 0 Å². The molecule has 0 spiro atoms. The van der Waals surface area contributed by atoms with Gasteiger partial charge in [0.15, 0.2) is 12.2 Å². The molecule has 0 aliphatic rings. The van der Waals surface area contributed by atoms with Crippen LogP contribution in [-0.2, 0) is 65.4 Å². The van der Waals surface area contributed by atoms with Gasteiger partial charge in [0, 0.05) is 25.7 Å². The van der Waals surface area contributed by atoms with E-state index in [4.69, 9.17) is 37.0 Å². The van der Waals surface area contributed by atoms with Crippen molar-refractivity contribution >= 4 is 39.5 Å². The number of phosphoric acid groups is 2. The molecule has 0 aromatic rings. The molecule has 6 atom stereocenters. The lowest BCUT2D eigenvalue weighted by atomic mass is 9.99. The van der Waals surface area contributed by atoms with Gasteiger partial charge in [0.05, 0.1) is 26.4 Å². The van der Waals surface area contributed by atoms with Gasteiger partial charge in [0.25, 0.3) is 0 Å². The highest BCUT2D eigenvalue weighted by molar-refractivity contribution is 7.47. The Morgan fingerprint density at radius 2 is 0.539 bits per heavy atom. The minimum atomic E-state index is -4.95. The first-order chi connectivity index (χ1) is 42.6. The molecule has 3 N–H and O–H groups in total. The van der Waals surface area contributed by atoms with Crippen molar-refractivity contribution in [3.8, 4) is 0 Å². The Bertz CT molecular complexity index is 1770. The van der Waals surface area contributed by atoms with Gasteiger partial charge < -0.3 is 33.8 Å². The number of hydrogen-bond acceptors (Lipinski definition) is 15. The summed E-state index contributed by atoms with van der Waals surface area (Å²) in [7, 11) is -9.90. The molecule has 0 aliphatic heterocycles. The topological polar surface area (TPSA) is 237 Å². The first-order valence-corrected chi connectivity index (χ1v) is 39.2. The quantitative estimate of drug-likeness (QED) is 0.0222. The van der Waals surface area contributed by atoms with Crippen molar-refractivity contribution in [2.45, 2.75) is 363 Å². The van der Waals surface area contributed by atoms with E-state index in [1.807, 2.05) is 0 Å². The van der Waals surface area contributed by atoms with Crippen molar-refractivity contribution in [2.75, 3.05) is 39.6 Å². The Labute approximate surface area is 543 Å². The minimum Gasteiger partial charge on any atom is -0.462 e. The summed E-state index contributed by atoms with van der Waals surface area (Å²) in [5, 5.41) is 10.6. The number of aliphatic hydroxyl groups excluding tert-OH is 1. The number of carbonyl (C=O) groups is 4. The molecule has 4 unspecified atom stereocenters. The van der Waals surface area contributed by atoms with Gasteiger partial charge in [0.2, 0.25) is 0 Å². The van der Waals surface area contributed by atoms with Gasteiger partial charge in [0.1, 0.15) is 19.3 Å². The summed E-state index contributed by atoms with van der Waals surface area (Å²) in [5.74, 6) is 0.861. The molecule has 0 aromatic carbocycles. The summed E-state index contributed by atoms with van der Waals surface area (Å²) >= 11 is 0. The van der Waals surface area contributed by atoms with Crippen molar-refractivity contribution in [3.05, 3.63) is 0 Å². The van der Waals surface area contributed by atoms with Gasteiger partial charge in [-0.2, -0.15) is 0 Å². The highest BCUT2D eigenvalue weighted by Crippen LogP contribution is 2.45. The average Bonchev–Trinajstić information content (AvgIpc) is 3.70. The van der Waals surface area contributed by atoms with Crippen molar-refractivity contribution in [2.24, 2.45) is 23.7 Å². The van der Waals surface area contributed by atoms with E-state index >= 15 is 0 Å². The van der Waals surface area contributed by atoms with Crippen LogP contribution >= 0.6 is 15.6 Å². The first-order valence-electron chi connectivity index (χ1n) is 36.2. The summed E-state index contributed by atoms with van der Waals surface area (Å²) in [6.45, 7) is 14.1. The van der Waals surface area contributed by atoms with Crippen LogP contribution in [0.15, 0.2) is 0 Å². The molecule has 0 amide bonds. The molecule has 0 radical (unpaired) electrons. The molecule has 0 aromatic heterocycles. The number of hydrogen-bond donors (Lipinski definition) is 3. The fraction of sp³-hybridized carbons (Fsp3) is 0.943. The third-order valence-corrected chi connectivity index (χ3v) is 18.3. The number of phosphoric ester groups is 2. The van der Waals surface area contributed by atoms with Crippen molar-refractivity contribution in [1.82, 2.24) is 0 Å². The van der Waals surface area contributed by atoms with Crippen LogP contribution in [-0.4, -0.2) is 96.7 Å². The Morgan fingerprint density at radius 3 is 0.798 bits per heavy atom. The summed E-state index contributed by atoms with van der Waals surface area (Å²) in [4.78, 5) is 72.5. The number of esters is 4. The summed E-state index contributed by atoms with van der Waals surface area (Å²) < 4.78 is 68.3. The fourth-order valence-corrected chi connectivity index (χ4v) is 12.0. The zero-order chi connectivity index (χ0) is 66.1. The van der Waals surface area contributed by atoms with Crippen LogP contribution in [0.25, 0.3) is 0 Å². The Kier molecular flexibility index (Phi) is 58.5. The van der Waals surface area contributed by atoms with E-state index in [-0.39, 0.29) is 25.7 Å². The molecule has 0 bridgehead atoms. The monoisotopic (exact) mass is 1310 g/mol. The van der Waals surface area contributed by atoms with Crippen LogP contribution in [0.4, 0.5) is 0 Å². The molecule has 17 nitrogen and oxygen atoms in total. The molecule has 0 saturated carbocycles. The summed E-state index contributed by atoms with van der Waals surface area (Å²) in [6, 6.07) is 0. The second-order valence-electron chi connectivity index (χ2n) is 26.9. The maximum atomic E-state index is 13.0. The van der Waals surface area contributed by atoms with Gasteiger partial charge in [-0.1, -0.05) is 293 Å². The third kappa shape index (κ3) is 63.2. The van der Waals surface area contributed by atoms with Crippen LogP contribution in [0.3, 0.4) is 0 Å². The SMILES string of the molecule is CCC(C)CCCCCCCCCCC(=O)O[C@H](COC(=O)CCCCCCCCCC(C)C)COP(=O)(O)OCC(O)COP(=O)(O)OC[C@@H](COC(=O)CCCCCCCCCCCCCCC(C)C)OC(=O)CCCCCCCCCCCC(C)C. The molecular weight excluding hydrogens is 1170 g/mol. The predicted molar refractivity (Wildman–Crippen MR) is 358 cm³/mol. The lowest BCUT2D eigenvalue weighted by molar-refractivity contribution is -0.161. The lowest BCUT2D eigenvalue weighted by Gasteiger charge is -2.21. The van der Waals surface area contributed by atoms with E-state index < -0.39 is 97.5 Å². The maximum Gasteiger partial charge on any atom is 0.472 e. The summed E-state index contributed by atoms with van der Waals surface area (Å²) in [5.41, 5.74) is 0. The van der Waals surface area contributed by atoms with Crippen molar-refractivity contribution < 1.29 is 80.2 Å². The van der Waals surface area contributed by atoms with Crippen LogP contribution in [0.5, 0.6) is 0 Å². The van der Waals surface area contributed by atoms with Crippen molar-refractivity contribution in [3.63, 3.8) is 0 Å². The van der Waals surface area contributed by atoms with Crippen LogP contribution in [0.1, 0.15) is 344 Å². The average molecular weight is 1310 g/mol. The van der Waals surface area contributed by atoms with E-state index in [1.165, 1.54) is 141 Å². The van der Waals surface area contributed by atoms with Gasteiger partial charge in [-0.05, 0) is 49.4 Å².